The van der Waals surface area contributed by atoms with Crippen molar-refractivity contribution in [3.63, 3.8) is 0 Å². The Morgan fingerprint density at radius 2 is 2.33 bits per heavy atom. The molecule has 1 aliphatic rings. The summed E-state index contributed by atoms with van der Waals surface area (Å²) >= 11 is 0. The number of aromatic nitrogens is 2. The highest BCUT2D eigenvalue weighted by Gasteiger charge is 2.28. The highest BCUT2D eigenvalue weighted by Crippen LogP contribution is 2.29. The third kappa shape index (κ3) is 2.61. The van der Waals surface area contributed by atoms with Gasteiger partial charge in [0, 0.05) is 12.6 Å². The quantitative estimate of drug-likeness (QED) is 0.869. The van der Waals surface area contributed by atoms with Gasteiger partial charge in [-0.05, 0) is 38.6 Å². The molecule has 2 heterocycles. The third-order valence-electron chi connectivity index (χ3n) is 3.57. The first-order valence-corrected chi connectivity index (χ1v) is 6.74. The number of anilines is 1. The van der Waals surface area contributed by atoms with Crippen LogP contribution in [0.25, 0.3) is 0 Å². The Bertz CT molecular complexity index is 397. The van der Waals surface area contributed by atoms with Gasteiger partial charge >= 0.3 is 0 Å². The minimum absolute atomic E-state index is 0.250. The van der Waals surface area contributed by atoms with Crippen LogP contribution in [0.15, 0.2) is 6.33 Å². The van der Waals surface area contributed by atoms with Crippen molar-refractivity contribution in [3.8, 4) is 0 Å². The van der Waals surface area contributed by atoms with Gasteiger partial charge in [0.15, 0.2) is 11.6 Å². The Kier molecular flexibility index (Phi) is 4.47. The molecule has 18 heavy (non-hydrogen) atoms. The molecule has 4 nitrogen and oxygen atoms in total. The molecular formula is C13H21FN4. The predicted octanol–water partition coefficient (Wildman–Crippen LogP) is 1.89. The van der Waals surface area contributed by atoms with Crippen LogP contribution in [0.4, 0.5) is 10.2 Å². The molecule has 1 atom stereocenters. The second-order valence-electron chi connectivity index (χ2n) is 4.73. The van der Waals surface area contributed by atoms with E-state index >= 15 is 0 Å². The fraction of sp³-hybridized carbons (Fsp3) is 0.692. The number of hydrogen-bond donors (Lipinski definition) is 1. The van der Waals surface area contributed by atoms with Gasteiger partial charge in [0.1, 0.15) is 6.33 Å². The first-order chi connectivity index (χ1) is 8.77. The van der Waals surface area contributed by atoms with Gasteiger partial charge in [0.25, 0.3) is 0 Å². The van der Waals surface area contributed by atoms with Crippen LogP contribution in [-0.2, 0) is 6.42 Å². The van der Waals surface area contributed by atoms with E-state index in [1.165, 1.54) is 6.33 Å². The topological polar surface area (TPSA) is 55.0 Å². The predicted molar refractivity (Wildman–Crippen MR) is 70.0 cm³/mol. The van der Waals surface area contributed by atoms with E-state index in [0.717, 1.165) is 32.2 Å². The molecule has 0 amide bonds. The number of nitrogens with two attached hydrogens (primary N) is 1. The normalized spacial score (nSPS) is 19.5. The lowest BCUT2D eigenvalue weighted by atomic mass is 10.1. The molecule has 5 heteroatoms. The van der Waals surface area contributed by atoms with Crippen LogP contribution < -0.4 is 10.6 Å². The molecule has 1 aromatic rings. The number of nitrogens with zero attached hydrogens (tertiary/aromatic N) is 3. The molecule has 1 fully saturated rings. The largest absolute Gasteiger partial charge is 0.351 e. The summed E-state index contributed by atoms with van der Waals surface area (Å²) in [6.07, 6.45) is 6.26. The van der Waals surface area contributed by atoms with Crippen LogP contribution in [0.2, 0.25) is 0 Å². The van der Waals surface area contributed by atoms with Gasteiger partial charge in [-0.25, -0.2) is 14.4 Å². The standard InChI is InChI=1S/C13H21FN4/c1-2-11-12(14)13(17-9-16-11)18-8-4-6-10(18)5-3-7-15/h9-10H,2-8,15H2,1H3. The van der Waals surface area contributed by atoms with Crippen molar-refractivity contribution in [2.24, 2.45) is 5.73 Å². The van der Waals surface area contributed by atoms with Gasteiger partial charge in [0.2, 0.25) is 0 Å². The summed E-state index contributed by atoms with van der Waals surface area (Å²) in [6.45, 7) is 3.48. The summed E-state index contributed by atoms with van der Waals surface area (Å²) in [5.41, 5.74) is 6.05. The smallest absolute Gasteiger partial charge is 0.187 e. The van der Waals surface area contributed by atoms with E-state index in [0.29, 0.717) is 30.5 Å². The molecule has 0 saturated carbocycles. The third-order valence-corrected chi connectivity index (χ3v) is 3.57. The van der Waals surface area contributed by atoms with Crippen LogP contribution in [0.1, 0.15) is 38.3 Å². The number of aryl methyl sites for hydroxylation is 1. The zero-order chi connectivity index (χ0) is 13.0. The highest BCUT2D eigenvalue weighted by molar-refractivity contribution is 5.43. The van der Waals surface area contributed by atoms with Gasteiger partial charge in [-0.3, -0.25) is 0 Å². The van der Waals surface area contributed by atoms with E-state index in [-0.39, 0.29) is 5.82 Å². The van der Waals surface area contributed by atoms with E-state index in [4.69, 9.17) is 5.73 Å². The van der Waals surface area contributed by atoms with Crippen molar-refractivity contribution in [2.75, 3.05) is 18.0 Å². The molecular weight excluding hydrogens is 231 g/mol. The van der Waals surface area contributed by atoms with Gasteiger partial charge in [-0.15, -0.1) is 0 Å². The van der Waals surface area contributed by atoms with Gasteiger partial charge in [-0.1, -0.05) is 6.92 Å². The molecule has 2 N–H and O–H groups in total. The Morgan fingerprint density at radius 3 is 3.06 bits per heavy atom. The lowest BCUT2D eigenvalue weighted by molar-refractivity contribution is 0.550. The highest BCUT2D eigenvalue weighted by atomic mass is 19.1. The monoisotopic (exact) mass is 252 g/mol. The first-order valence-electron chi connectivity index (χ1n) is 6.74. The summed E-state index contributed by atoms with van der Waals surface area (Å²) in [5, 5.41) is 0. The van der Waals surface area contributed by atoms with Gasteiger partial charge in [-0.2, -0.15) is 0 Å². The van der Waals surface area contributed by atoms with Crippen molar-refractivity contribution < 1.29 is 4.39 Å². The van der Waals surface area contributed by atoms with Crippen molar-refractivity contribution in [1.29, 1.82) is 0 Å². The summed E-state index contributed by atoms with van der Waals surface area (Å²) in [6, 6.07) is 0.377. The Morgan fingerprint density at radius 1 is 1.50 bits per heavy atom. The summed E-state index contributed by atoms with van der Waals surface area (Å²) in [7, 11) is 0. The molecule has 1 saturated heterocycles. The lowest BCUT2D eigenvalue weighted by Gasteiger charge is -2.26. The van der Waals surface area contributed by atoms with Crippen molar-refractivity contribution >= 4 is 5.82 Å². The van der Waals surface area contributed by atoms with Crippen molar-refractivity contribution in [2.45, 2.75) is 45.1 Å². The second-order valence-corrected chi connectivity index (χ2v) is 4.73. The molecule has 0 aromatic carbocycles. The number of halogens is 1. The molecule has 100 valence electrons. The van der Waals surface area contributed by atoms with Crippen LogP contribution in [0, 0.1) is 5.82 Å². The van der Waals surface area contributed by atoms with E-state index in [2.05, 4.69) is 14.9 Å². The van der Waals surface area contributed by atoms with E-state index in [9.17, 15) is 4.39 Å². The van der Waals surface area contributed by atoms with E-state index < -0.39 is 0 Å². The molecule has 2 rings (SSSR count). The molecule has 0 aliphatic carbocycles. The average Bonchev–Trinajstić information content (AvgIpc) is 2.84. The average molecular weight is 252 g/mol. The van der Waals surface area contributed by atoms with Crippen LogP contribution in [0.3, 0.4) is 0 Å². The van der Waals surface area contributed by atoms with Crippen LogP contribution in [-0.4, -0.2) is 29.1 Å². The second kappa shape index (κ2) is 6.09. The summed E-state index contributed by atoms with van der Waals surface area (Å²) in [4.78, 5) is 10.2. The first kappa shape index (κ1) is 13.2. The van der Waals surface area contributed by atoms with Gasteiger partial charge < -0.3 is 10.6 Å². The maximum Gasteiger partial charge on any atom is 0.187 e. The maximum absolute atomic E-state index is 14.2. The maximum atomic E-state index is 14.2. The minimum atomic E-state index is -0.250. The Labute approximate surface area is 107 Å². The van der Waals surface area contributed by atoms with Crippen LogP contribution >= 0.6 is 0 Å². The number of hydrogen-bond acceptors (Lipinski definition) is 4. The Balaban J connectivity index is 2.19. The van der Waals surface area contributed by atoms with Crippen molar-refractivity contribution in [3.05, 3.63) is 17.8 Å². The molecule has 1 aliphatic heterocycles. The van der Waals surface area contributed by atoms with Crippen molar-refractivity contribution in [1.82, 2.24) is 9.97 Å². The zero-order valence-electron chi connectivity index (χ0n) is 10.9. The zero-order valence-corrected chi connectivity index (χ0v) is 10.9. The molecule has 0 spiro atoms. The SMILES string of the molecule is CCc1ncnc(N2CCCC2CCCN)c1F. The molecule has 1 unspecified atom stereocenters. The fourth-order valence-corrected chi connectivity index (χ4v) is 2.61. The van der Waals surface area contributed by atoms with Crippen LogP contribution in [0.5, 0.6) is 0 Å². The summed E-state index contributed by atoms with van der Waals surface area (Å²) < 4.78 is 14.2. The minimum Gasteiger partial charge on any atom is -0.351 e. The number of rotatable bonds is 5. The van der Waals surface area contributed by atoms with E-state index in [1.807, 2.05) is 6.92 Å². The van der Waals surface area contributed by atoms with Gasteiger partial charge in [0.05, 0.1) is 5.69 Å². The molecule has 1 aromatic heterocycles. The van der Waals surface area contributed by atoms with E-state index in [1.54, 1.807) is 0 Å². The molecule has 0 radical (unpaired) electrons. The fourth-order valence-electron chi connectivity index (χ4n) is 2.61. The Hall–Kier alpha value is -1.23. The molecule has 0 bridgehead atoms. The summed E-state index contributed by atoms with van der Waals surface area (Å²) in [5.74, 6) is 0.223. The lowest BCUT2D eigenvalue weighted by Crippen LogP contribution is -2.31.